The van der Waals surface area contributed by atoms with E-state index in [0.717, 1.165) is 6.07 Å². The molecule has 0 unspecified atom stereocenters. The number of rotatable bonds is 8. The normalized spacial score (nSPS) is 12.0. The predicted molar refractivity (Wildman–Crippen MR) is 137 cm³/mol. The van der Waals surface area contributed by atoms with Crippen LogP contribution in [0.3, 0.4) is 0 Å². The molecule has 0 heterocycles. The van der Waals surface area contributed by atoms with Gasteiger partial charge in [-0.2, -0.15) is 5.11 Å². The Balaban J connectivity index is 0.00000552. The number of nitro benzene ring substituents is 2. The molecule has 0 fully saturated rings. The Kier molecular flexibility index (Phi) is 9.38. The fraction of sp³-hybridized carbons (Fsp3) is 0. The minimum atomic E-state index is -5.24. The van der Waals surface area contributed by atoms with Gasteiger partial charge in [-0.15, -0.1) is 15.3 Å². The van der Waals surface area contributed by atoms with E-state index < -0.39 is 108 Å². The van der Waals surface area contributed by atoms with Crippen molar-refractivity contribution in [2.75, 3.05) is 0 Å². The maximum Gasteiger partial charge on any atom is 2.00 e. The molecular weight excluding hydrogens is 692 g/mol. The Labute approximate surface area is 259 Å². The Morgan fingerprint density at radius 2 is 1.18 bits per heavy atom. The first-order chi connectivity index (χ1) is 20.4. The van der Waals surface area contributed by atoms with Crippen LogP contribution in [0.4, 0.5) is 34.1 Å². The largest absolute Gasteiger partial charge is 2.00 e. The number of hydrogen-bond acceptors (Lipinski definition) is 18. The van der Waals surface area contributed by atoms with Gasteiger partial charge in [-0.1, -0.05) is 17.6 Å². The number of nitrogens with zero attached hydrogens (tertiary/aromatic N) is 6. The van der Waals surface area contributed by atoms with E-state index in [1.165, 1.54) is 0 Å². The molecule has 20 nitrogen and oxygen atoms in total. The summed E-state index contributed by atoms with van der Waals surface area (Å²) in [4.78, 5) is 18.1. The van der Waals surface area contributed by atoms with Gasteiger partial charge in [0.2, 0.25) is 5.69 Å². The van der Waals surface area contributed by atoms with Crippen LogP contribution >= 0.6 is 0 Å². The first-order valence-corrected chi connectivity index (χ1v) is 13.9. The van der Waals surface area contributed by atoms with Gasteiger partial charge in [0.1, 0.15) is 31.7 Å². The number of azo groups is 2. The van der Waals surface area contributed by atoms with E-state index in [2.05, 4.69) is 20.5 Å². The van der Waals surface area contributed by atoms with Crippen molar-refractivity contribution in [3.63, 3.8) is 0 Å². The van der Waals surface area contributed by atoms with Crippen molar-refractivity contribution in [2.24, 2.45) is 20.5 Å². The molecule has 0 aliphatic heterocycles. The zero-order valence-electron chi connectivity index (χ0n) is 21.3. The quantitative estimate of drug-likeness (QED) is 0.0876. The van der Waals surface area contributed by atoms with E-state index in [4.69, 9.17) is 0 Å². The SMILES string of the molecule is O=[N+]([O-])c1cc(O)c(N=Nc2cc(N=Nc3cc(S(=O)(=O)[O-])cc4cc(S(=O)(=O)[O-])cc([O-])c34)c(O)cc2[O-])c([N+](=O)[O-])c1.[Fe+2]. The van der Waals surface area contributed by atoms with Gasteiger partial charge in [-0.05, 0) is 35.7 Å². The summed E-state index contributed by atoms with van der Waals surface area (Å²) in [5.74, 6) is -4.09. The van der Waals surface area contributed by atoms with Gasteiger partial charge in [0.05, 0.1) is 43.1 Å². The summed E-state index contributed by atoms with van der Waals surface area (Å²) < 4.78 is 69.2. The molecule has 45 heavy (non-hydrogen) atoms. The molecule has 0 saturated carbocycles. The number of nitro groups is 2. The summed E-state index contributed by atoms with van der Waals surface area (Å²) in [7, 11) is -10.4. The Bertz CT molecular complexity index is 2190. The molecule has 0 saturated heterocycles. The monoisotopic (exact) mass is 702 g/mol. The van der Waals surface area contributed by atoms with Gasteiger partial charge in [0.15, 0.2) is 5.75 Å². The molecule has 0 aliphatic carbocycles. The van der Waals surface area contributed by atoms with Gasteiger partial charge in [0, 0.05) is 5.39 Å². The third-order valence-electron chi connectivity index (χ3n) is 5.56. The van der Waals surface area contributed by atoms with Crippen LogP contribution in [0.25, 0.3) is 10.8 Å². The Hall–Kier alpha value is -5.32. The van der Waals surface area contributed by atoms with Crippen molar-refractivity contribution in [1.82, 2.24) is 0 Å². The number of phenolic OH excluding ortho intramolecular Hbond substituents is 2. The molecule has 23 heteroatoms. The van der Waals surface area contributed by atoms with E-state index in [-0.39, 0.29) is 17.1 Å². The molecule has 0 aromatic heterocycles. The van der Waals surface area contributed by atoms with Crippen molar-refractivity contribution < 1.29 is 73.3 Å². The second kappa shape index (κ2) is 12.4. The molecule has 0 radical (unpaired) electrons. The van der Waals surface area contributed by atoms with Gasteiger partial charge in [-0.3, -0.25) is 20.2 Å². The van der Waals surface area contributed by atoms with Crippen LogP contribution in [-0.2, 0) is 37.3 Å². The fourth-order valence-corrected chi connectivity index (χ4v) is 4.67. The number of fused-ring (bicyclic) bond motifs is 1. The number of non-ortho nitro benzene ring substituents is 1. The van der Waals surface area contributed by atoms with Crippen LogP contribution < -0.4 is 10.2 Å². The van der Waals surface area contributed by atoms with E-state index in [1.807, 2.05) is 0 Å². The maximum atomic E-state index is 12.6. The predicted octanol–water partition coefficient (Wildman–Crippen LogP) is 2.85. The van der Waals surface area contributed by atoms with Crippen molar-refractivity contribution >= 4 is 65.1 Å². The van der Waals surface area contributed by atoms with Crippen molar-refractivity contribution in [3.05, 3.63) is 68.8 Å². The standard InChI is InChI=1S/C22H14N6O14S2.Fe/c29-17-8-18(30)14(24-26-22-16(28(35)36)3-10(27(33)34)4-20(22)32)7-13(17)23-25-15-5-11(43(37,38)39)1-9-2-12(44(40,41)42)6-19(31)21(9)15;/h1-8,29-32H,(H,37,38,39)(H,40,41,42);/q;+2/p-4. The number of aromatic hydroxyl groups is 2. The summed E-state index contributed by atoms with van der Waals surface area (Å²) >= 11 is 0. The van der Waals surface area contributed by atoms with Crippen LogP contribution in [0.1, 0.15) is 0 Å². The van der Waals surface area contributed by atoms with E-state index >= 15 is 0 Å². The second-order valence-electron chi connectivity index (χ2n) is 8.43. The first-order valence-electron chi connectivity index (χ1n) is 11.1. The van der Waals surface area contributed by atoms with Crippen LogP contribution in [0, 0.1) is 20.2 Å². The molecule has 234 valence electrons. The summed E-state index contributed by atoms with van der Waals surface area (Å²) in [6, 6.07) is 4.53. The molecule has 0 amide bonds. The Morgan fingerprint density at radius 3 is 1.73 bits per heavy atom. The van der Waals surface area contributed by atoms with Crippen LogP contribution in [0.2, 0.25) is 0 Å². The molecular formula is C22H10FeN6O14S2-2. The summed E-state index contributed by atoms with van der Waals surface area (Å²) in [5, 5.41) is 80.6. The summed E-state index contributed by atoms with van der Waals surface area (Å²) in [6.07, 6.45) is 0. The van der Waals surface area contributed by atoms with Crippen LogP contribution in [-0.4, -0.2) is 46.0 Å². The molecule has 0 spiro atoms. The van der Waals surface area contributed by atoms with Crippen LogP contribution in [0.5, 0.6) is 23.0 Å². The van der Waals surface area contributed by atoms with Crippen LogP contribution in [0.15, 0.2) is 78.8 Å². The second-order valence-corrected chi connectivity index (χ2v) is 11.2. The van der Waals surface area contributed by atoms with Crippen molar-refractivity contribution in [1.29, 1.82) is 0 Å². The molecule has 0 aliphatic rings. The Morgan fingerprint density at radius 1 is 0.622 bits per heavy atom. The molecule has 2 N–H and O–H groups in total. The fourth-order valence-electron chi connectivity index (χ4n) is 3.62. The topological polar surface area (TPSA) is 337 Å². The molecule has 4 aromatic carbocycles. The minimum Gasteiger partial charge on any atom is -0.872 e. The molecule has 4 aromatic rings. The van der Waals surface area contributed by atoms with Gasteiger partial charge < -0.3 is 29.5 Å². The van der Waals surface area contributed by atoms with Crippen molar-refractivity contribution in [2.45, 2.75) is 9.79 Å². The number of benzene rings is 4. The van der Waals surface area contributed by atoms with E-state index in [9.17, 15) is 66.6 Å². The summed E-state index contributed by atoms with van der Waals surface area (Å²) in [5.41, 5.74) is -4.70. The van der Waals surface area contributed by atoms with Gasteiger partial charge >= 0.3 is 22.8 Å². The van der Waals surface area contributed by atoms with Gasteiger partial charge in [0.25, 0.3) is 5.69 Å². The smallest absolute Gasteiger partial charge is 0.872 e. The average molecular weight is 702 g/mol. The number of hydrogen-bond donors (Lipinski definition) is 2. The van der Waals surface area contributed by atoms with Gasteiger partial charge in [-0.25, -0.2) is 16.8 Å². The third kappa shape index (κ3) is 7.26. The molecule has 0 atom stereocenters. The van der Waals surface area contributed by atoms with E-state index in [1.54, 1.807) is 0 Å². The first kappa shape index (κ1) is 34.2. The number of phenols is 2. The zero-order chi connectivity index (χ0) is 32.7. The average Bonchev–Trinajstić information content (AvgIpc) is 2.90. The zero-order valence-corrected chi connectivity index (χ0v) is 24.0. The van der Waals surface area contributed by atoms with E-state index in [0.29, 0.717) is 42.5 Å². The summed E-state index contributed by atoms with van der Waals surface area (Å²) in [6.45, 7) is 0. The third-order valence-corrected chi connectivity index (χ3v) is 7.18. The minimum absolute atomic E-state index is 0. The molecule has 4 rings (SSSR count). The maximum absolute atomic E-state index is 12.6. The van der Waals surface area contributed by atoms with Crippen molar-refractivity contribution in [3.8, 4) is 23.0 Å². The molecule has 0 bridgehead atoms.